The number of aromatic nitrogens is 1. The van der Waals surface area contributed by atoms with E-state index in [1.807, 2.05) is 0 Å². The molecule has 1 N–H and O–H groups in total. The average Bonchev–Trinajstić information content (AvgIpc) is 2.56. The van der Waals surface area contributed by atoms with Crippen molar-refractivity contribution < 1.29 is 19.0 Å². The van der Waals surface area contributed by atoms with Crippen LogP contribution in [0.3, 0.4) is 0 Å². The second kappa shape index (κ2) is 8.26. The minimum Gasteiger partial charge on any atom is -0.475 e. The molecule has 2 rings (SSSR count). The summed E-state index contributed by atoms with van der Waals surface area (Å²) in [6, 6.07) is 3.51. The third-order valence-electron chi connectivity index (χ3n) is 4.29. The van der Waals surface area contributed by atoms with E-state index < -0.39 is 5.60 Å². The number of pyridine rings is 1. The van der Waals surface area contributed by atoms with Crippen LogP contribution in [0.5, 0.6) is 5.88 Å². The van der Waals surface area contributed by atoms with Crippen LogP contribution in [-0.4, -0.2) is 43.9 Å². The summed E-state index contributed by atoms with van der Waals surface area (Å²) >= 11 is 0. The van der Waals surface area contributed by atoms with Crippen LogP contribution in [0.25, 0.3) is 0 Å². The van der Waals surface area contributed by atoms with E-state index in [0.717, 1.165) is 25.7 Å². The molecule has 1 fully saturated rings. The van der Waals surface area contributed by atoms with Gasteiger partial charge in [0.25, 0.3) is 5.91 Å². The third-order valence-corrected chi connectivity index (χ3v) is 4.29. The third kappa shape index (κ3) is 4.65. The Morgan fingerprint density at radius 2 is 2.22 bits per heavy atom. The van der Waals surface area contributed by atoms with Gasteiger partial charge in [-0.1, -0.05) is 13.3 Å². The zero-order valence-electron chi connectivity index (χ0n) is 14.1. The molecule has 128 valence electrons. The molecular weight excluding hydrogens is 296 g/mol. The first-order valence-corrected chi connectivity index (χ1v) is 8.04. The molecule has 1 aromatic heterocycles. The SMILES string of the molecule is COCCOc1ccc(NC(=O)[C@]2(OC)CCC[C@H](C)C2)cn1. The zero-order chi connectivity index (χ0) is 16.7. The van der Waals surface area contributed by atoms with E-state index in [1.165, 1.54) is 0 Å². The quantitative estimate of drug-likeness (QED) is 0.782. The van der Waals surface area contributed by atoms with Gasteiger partial charge in [0.15, 0.2) is 0 Å². The fourth-order valence-electron chi connectivity index (χ4n) is 3.00. The number of nitrogens with one attached hydrogen (secondary N) is 1. The second-order valence-corrected chi connectivity index (χ2v) is 6.08. The molecule has 23 heavy (non-hydrogen) atoms. The molecule has 1 aliphatic rings. The Labute approximate surface area is 137 Å². The predicted octanol–water partition coefficient (Wildman–Crippen LogP) is 2.64. The Balaban J connectivity index is 1.96. The Morgan fingerprint density at radius 3 is 2.83 bits per heavy atom. The summed E-state index contributed by atoms with van der Waals surface area (Å²) in [6.07, 6.45) is 5.25. The molecule has 1 heterocycles. The number of amides is 1. The molecule has 1 amide bonds. The topological polar surface area (TPSA) is 69.7 Å². The van der Waals surface area contributed by atoms with Crippen molar-refractivity contribution in [1.29, 1.82) is 0 Å². The van der Waals surface area contributed by atoms with Crippen molar-refractivity contribution in [3.05, 3.63) is 18.3 Å². The molecule has 0 unspecified atom stereocenters. The standard InChI is InChI=1S/C17H26N2O4/c1-13-5-4-8-17(11-13,22-3)16(20)19-14-6-7-15(18-12-14)23-10-9-21-2/h6-7,12-13H,4-5,8-11H2,1-3H3,(H,19,20)/t13-,17-/m0/s1. The Bertz CT molecular complexity index is 506. The first-order valence-electron chi connectivity index (χ1n) is 8.04. The van der Waals surface area contributed by atoms with Crippen LogP contribution in [0.15, 0.2) is 18.3 Å². The number of methoxy groups -OCH3 is 2. The molecule has 6 heteroatoms. The van der Waals surface area contributed by atoms with E-state index in [2.05, 4.69) is 17.2 Å². The monoisotopic (exact) mass is 322 g/mol. The van der Waals surface area contributed by atoms with E-state index in [-0.39, 0.29) is 5.91 Å². The smallest absolute Gasteiger partial charge is 0.256 e. The predicted molar refractivity (Wildman–Crippen MR) is 87.6 cm³/mol. The molecule has 6 nitrogen and oxygen atoms in total. The number of ether oxygens (including phenoxy) is 3. The molecule has 0 aromatic carbocycles. The lowest BCUT2D eigenvalue weighted by molar-refractivity contribution is -0.143. The van der Waals surface area contributed by atoms with Crippen molar-refractivity contribution in [3.8, 4) is 5.88 Å². The first kappa shape index (κ1) is 17.7. The fourth-order valence-corrected chi connectivity index (χ4v) is 3.00. The van der Waals surface area contributed by atoms with Gasteiger partial charge in [-0.25, -0.2) is 4.98 Å². The molecule has 0 spiro atoms. The molecule has 1 aromatic rings. The summed E-state index contributed by atoms with van der Waals surface area (Å²) in [4.78, 5) is 16.8. The highest BCUT2D eigenvalue weighted by atomic mass is 16.5. The van der Waals surface area contributed by atoms with Crippen LogP contribution in [0.1, 0.15) is 32.6 Å². The largest absolute Gasteiger partial charge is 0.475 e. The van der Waals surface area contributed by atoms with Crippen molar-refractivity contribution >= 4 is 11.6 Å². The number of carbonyl (C=O) groups excluding carboxylic acids is 1. The summed E-state index contributed by atoms with van der Waals surface area (Å²) < 4.78 is 15.9. The Hall–Kier alpha value is -1.66. The van der Waals surface area contributed by atoms with Crippen LogP contribution < -0.4 is 10.1 Å². The molecule has 0 bridgehead atoms. The summed E-state index contributed by atoms with van der Waals surface area (Å²) in [5.41, 5.74) is -0.0885. The van der Waals surface area contributed by atoms with Crippen molar-refractivity contribution in [2.45, 2.75) is 38.2 Å². The summed E-state index contributed by atoms with van der Waals surface area (Å²) in [5.74, 6) is 0.901. The lowest BCUT2D eigenvalue weighted by Crippen LogP contribution is -2.47. The first-order chi connectivity index (χ1) is 11.1. The lowest BCUT2D eigenvalue weighted by atomic mass is 9.78. The Kier molecular flexibility index (Phi) is 6.36. The minimum absolute atomic E-state index is 0.0959. The summed E-state index contributed by atoms with van der Waals surface area (Å²) in [5, 5.41) is 2.91. The van der Waals surface area contributed by atoms with Gasteiger partial charge in [0.05, 0.1) is 18.5 Å². The number of hydrogen-bond donors (Lipinski definition) is 1. The molecule has 1 saturated carbocycles. The van der Waals surface area contributed by atoms with E-state index in [4.69, 9.17) is 14.2 Å². The molecule has 2 atom stereocenters. The number of anilines is 1. The van der Waals surface area contributed by atoms with Gasteiger partial charge < -0.3 is 19.5 Å². The summed E-state index contributed by atoms with van der Waals surface area (Å²) in [6.45, 7) is 3.11. The highest BCUT2D eigenvalue weighted by Crippen LogP contribution is 2.35. The van der Waals surface area contributed by atoms with Crippen molar-refractivity contribution in [2.24, 2.45) is 5.92 Å². The normalized spacial score (nSPS) is 24.2. The van der Waals surface area contributed by atoms with Crippen LogP contribution >= 0.6 is 0 Å². The maximum Gasteiger partial charge on any atom is 0.256 e. The average molecular weight is 322 g/mol. The second-order valence-electron chi connectivity index (χ2n) is 6.08. The van der Waals surface area contributed by atoms with E-state index >= 15 is 0 Å². The van der Waals surface area contributed by atoms with Gasteiger partial charge in [0, 0.05) is 20.3 Å². The fraction of sp³-hybridized carbons (Fsp3) is 0.647. The molecular formula is C17H26N2O4. The van der Waals surface area contributed by atoms with Gasteiger partial charge in [-0.3, -0.25) is 4.79 Å². The van der Waals surface area contributed by atoms with Crippen LogP contribution in [0.4, 0.5) is 5.69 Å². The lowest BCUT2D eigenvalue weighted by Gasteiger charge is -2.37. The van der Waals surface area contributed by atoms with Crippen LogP contribution in [-0.2, 0) is 14.3 Å². The maximum atomic E-state index is 12.7. The van der Waals surface area contributed by atoms with Gasteiger partial charge in [-0.05, 0) is 31.2 Å². The van der Waals surface area contributed by atoms with E-state index in [0.29, 0.717) is 30.7 Å². The van der Waals surface area contributed by atoms with Crippen molar-refractivity contribution in [3.63, 3.8) is 0 Å². The molecule has 0 aliphatic heterocycles. The maximum absolute atomic E-state index is 12.7. The summed E-state index contributed by atoms with van der Waals surface area (Å²) in [7, 11) is 3.23. The van der Waals surface area contributed by atoms with Gasteiger partial charge in [0.1, 0.15) is 12.2 Å². The zero-order valence-corrected chi connectivity index (χ0v) is 14.1. The minimum atomic E-state index is -0.731. The van der Waals surface area contributed by atoms with Crippen LogP contribution in [0, 0.1) is 5.92 Å². The highest BCUT2D eigenvalue weighted by Gasteiger charge is 2.41. The number of nitrogens with zero attached hydrogens (tertiary/aromatic N) is 1. The molecule has 0 radical (unpaired) electrons. The van der Waals surface area contributed by atoms with Gasteiger partial charge >= 0.3 is 0 Å². The molecule has 1 aliphatic carbocycles. The van der Waals surface area contributed by atoms with Crippen molar-refractivity contribution in [2.75, 3.05) is 32.8 Å². The van der Waals surface area contributed by atoms with Gasteiger partial charge in [0.2, 0.25) is 5.88 Å². The van der Waals surface area contributed by atoms with E-state index in [9.17, 15) is 4.79 Å². The van der Waals surface area contributed by atoms with Crippen molar-refractivity contribution in [1.82, 2.24) is 4.98 Å². The highest BCUT2D eigenvalue weighted by molar-refractivity contribution is 5.97. The number of hydrogen-bond acceptors (Lipinski definition) is 5. The Morgan fingerprint density at radius 1 is 1.39 bits per heavy atom. The van der Waals surface area contributed by atoms with Crippen LogP contribution in [0.2, 0.25) is 0 Å². The number of carbonyl (C=O) groups is 1. The number of rotatable bonds is 7. The van der Waals surface area contributed by atoms with Gasteiger partial charge in [-0.2, -0.15) is 0 Å². The van der Waals surface area contributed by atoms with E-state index in [1.54, 1.807) is 32.5 Å². The molecule has 0 saturated heterocycles. The van der Waals surface area contributed by atoms with Gasteiger partial charge in [-0.15, -0.1) is 0 Å².